The second-order valence-electron chi connectivity index (χ2n) is 4.77. The zero-order valence-electron chi connectivity index (χ0n) is 12.6. The van der Waals surface area contributed by atoms with E-state index in [0.29, 0.717) is 6.04 Å². The van der Waals surface area contributed by atoms with Crippen molar-refractivity contribution in [3.63, 3.8) is 0 Å². The van der Waals surface area contributed by atoms with E-state index in [1.54, 1.807) is 34.9 Å². The van der Waals surface area contributed by atoms with E-state index in [-0.39, 0.29) is 0 Å². The molecule has 0 aliphatic carbocycles. The van der Waals surface area contributed by atoms with Crippen molar-refractivity contribution < 1.29 is 0 Å². The third-order valence-corrected chi connectivity index (χ3v) is 6.15. The van der Waals surface area contributed by atoms with Crippen LogP contribution in [0, 0.1) is 6.92 Å². The van der Waals surface area contributed by atoms with Gasteiger partial charge in [0.2, 0.25) is 0 Å². The molecule has 1 aromatic heterocycles. The van der Waals surface area contributed by atoms with Gasteiger partial charge in [0, 0.05) is 11.8 Å². The lowest BCUT2D eigenvalue weighted by atomic mass is 10.1. The molecule has 0 aliphatic heterocycles. The average Bonchev–Trinajstić information content (AvgIpc) is 2.95. The SMILES string of the molecule is CCCNC(CSc1nnc(SC)s1)c1cccc(C)c1. The average molecular weight is 340 g/mol. The summed E-state index contributed by atoms with van der Waals surface area (Å²) in [4.78, 5) is 0. The number of aryl methyl sites for hydroxylation is 1. The van der Waals surface area contributed by atoms with Gasteiger partial charge in [-0.15, -0.1) is 10.2 Å². The number of nitrogens with one attached hydrogen (secondary N) is 1. The highest BCUT2D eigenvalue weighted by Gasteiger charge is 2.13. The van der Waals surface area contributed by atoms with Crippen LogP contribution in [0.3, 0.4) is 0 Å². The lowest BCUT2D eigenvalue weighted by molar-refractivity contribution is 0.577. The van der Waals surface area contributed by atoms with Crippen LogP contribution in [0.2, 0.25) is 0 Å². The quantitative estimate of drug-likeness (QED) is 0.722. The minimum Gasteiger partial charge on any atom is -0.309 e. The molecule has 0 fully saturated rings. The first kappa shape index (κ1) is 16.8. The highest BCUT2D eigenvalue weighted by molar-refractivity contribution is 8.02. The molecule has 0 spiro atoms. The van der Waals surface area contributed by atoms with E-state index in [4.69, 9.17) is 0 Å². The van der Waals surface area contributed by atoms with Gasteiger partial charge >= 0.3 is 0 Å². The number of nitrogens with zero attached hydrogens (tertiary/aromatic N) is 2. The molecule has 1 unspecified atom stereocenters. The maximum Gasteiger partial charge on any atom is 0.175 e. The topological polar surface area (TPSA) is 37.8 Å². The maximum absolute atomic E-state index is 4.23. The van der Waals surface area contributed by atoms with E-state index in [1.807, 2.05) is 6.26 Å². The van der Waals surface area contributed by atoms with E-state index in [1.165, 1.54) is 11.1 Å². The van der Waals surface area contributed by atoms with Crippen LogP contribution in [0.25, 0.3) is 0 Å². The molecule has 0 bridgehead atoms. The predicted molar refractivity (Wildman–Crippen MR) is 94.6 cm³/mol. The highest BCUT2D eigenvalue weighted by Crippen LogP contribution is 2.30. The normalized spacial score (nSPS) is 12.5. The number of hydrogen-bond acceptors (Lipinski definition) is 6. The third-order valence-electron chi connectivity index (χ3n) is 3.02. The van der Waals surface area contributed by atoms with Crippen molar-refractivity contribution in [3.05, 3.63) is 35.4 Å². The summed E-state index contributed by atoms with van der Waals surface area (Å²) in [5.74, 6) is 0.979. The molecule has 1 atom stereocenters. The molecule has 0 aliphatic rings. The first-order chi connectivity index (χ1) is 10.2. The van der Waals surface area contributed by atoms with Crippen molar-refractivity contribution in [1.82, 2.24) is 15.5 Å². The molecule has 1 heterocycles. The molecule has 1 aromatic carbocycles. The number of benzene rings is 1. The second-order valence-corrected chi connectivity index (χ2v) is 8.07. The monoisotopic (exact) mass is 339 g/mol. The van der Waals surface area contributed by atoms with Gasteiger partial charge < -0.3 is 5.32 Å². The van der Waals surface area contributed by atoms with E-state index in [9.17, 15) is 0 Å². The molecule has 3 nitrogen and oxygen atoms in total. The zero-order chi connectivity index (χ0) is 15.1. The summed E-state index contributed by atoms with van der Waals surface area (Å²) < 4.78 is 2.08. The van der Waals surface area contributed by atoms with Crippen LogP contribution in [-0.4, -0.2) is 28.8 Å². The van der Waals surface area contributed by atoms with Crippen molar-refractivity contribution in [2.75, 3.05) is 18.6 Å². The predicted octanol–water partition coefficient (Wildman–Crippen LogP) is 4.40. The third kappa shape index (κ3) is 5.29. The van der Waals surface area contributed by atoms with Crippen LogP contribution in [0.4, 0.5) is 0 Å². The van der Waals surface area contributed by atoms with Crippen molar-refractivity contribution in [2.45, 2.75) is 35.0 Å². The lowest BCUT2D eigenvalue weighted by Gasteiger charge is -2.18. The molecular weight excluding hydrogens is 318 g/mol. The Morgan fingerprint density at radius 1 is 1.29 bits per heavy atom. The largest absolute Gasteiger partial charge is 0.309 e. The van der Waals surface area contributed by atoms with Gasteiger partial charge in [0.05, 0.1) is 0 Å². The molecule has 1 N–H and O–H groups in total. The van der Waals surface area contributed by atoms with Gasteiger partial charge in [-0.1, -0.05) is 71.6 Å². The fourth-order valence-electron chi connectivity index (χ4n) is 1.97. The summed E-state index contributed by atoms with van der Waals surface area (Å²) in [6.07, 6.45) is 3.18. The minimum atomic E-state index is 0.358. The summed E-state index contributed by atoms with van der Waals surface area (Å²) in [7, 11) is 0. The lowest BCUT2D eigenvalue weighted by Crippen LogP contribution is -2.24. The van der Waals surface area contributed by atoms with Gasteiger partial charge in [0.1, 0.15) is 0 Å². The van der Waals surface area contributed by atoms with E-state index in [0.717, 1.165) is 27.4 Å². The van der Waals surface area contributed by atoms with Gasteiger partial charge in [-0.05, 0) is 31.7 Å². The van der Waals surface area contributed by atoms with Crippen LogP contribution in [0.1, 0.15) is 30.5 Å². The standard InChI is InChI=1S/C15H21N3S3/c1-4-8-16-13(12-7-5-6-11(2)9-12)10-20-15-18-17-14(19-3)21-15/h5-7,9,13,16H,4,8,10H2,1-3H3. The summed E-state index contributed by atoms with van der Waals surface area (Å²) in [5, 5.41) is 12.0. The van der Waals surface area contributed by atoms with Gasteiger partial charge in [-0.25, -0.2) is 0 Å². The first-order valence-electron chi connectivity index (χ1n) is 7.03. The van der Waals surface area contributed by atoms with Crippen molar-refractivity contribution in [1.29, 1.82) is 0 Å². The smallest absolute Gasteiger partial charge is 0.175 e. The maximum atomic E-state index is 4.23. The number of hydrogen-bond donors (Lipinski definition) is 1. The Bertz CT molecular complexity index is 557. The molecule has 0 radical (unpaired) electrons. The Morgan fingerprint density at radius 2 is 2.10 bits per heavy atom. The van der Waals surface area contributed by atoms with Crippen LogP contribution < -0.4 is 5.32 Å². The Balaban J connectivity index is 2.02. The number of thioether (sulfide) groups is 2. The fourth-order valence-corrected chi connectivity index (χ4v) is 4.53. The molecular formula is C15H21N3S3. The summed E-state index contributed by atoms with van der Waals surface area (Å²) in [6.45, 7) is 5.37. The number of rotatable bonds is 8. The fraction of sp³-hybridized carbons (Fsp3) is 0.467. The Hall–Kier alpha value is -0.560. The van der Waals surface area contributed by atoms with Crippen molar-refractivity contribution in [3.8, 4) is 0 Å². The summed E-state index contributed by atoms with van der Waals surface area (Å²) in [6, 6.07) is 9.10. The first-order valence-corrected chi connectivity index (χ1v) is 10.1. The van der Waals surface area contributed by atoms with Crippen LogP contribution >= 0.6 is 34.9 Å². The Kier molecular flexibility index (Phi) is 7.03. The van der Waals surface area contributed by atoms with Gasteiger partial charge in [0.25, 0.3) is 0 Å². The van der Waals surface area contributed by atoms with Gasteiger partial charge in [-0.2, -0.15) is 0 Å². The molecule has 2 rings (SSSR count). The van der Waals surface area contributed by atoms with Crippen LogP contribution in [0.5, 0.6) is 0 Å². The van der Waals surface area contributed by atoms with E-state index < -0.39 is 0 Å². The van der Waals surface area contributed by atoms with Crippen molar-refractivity contribution >= 4 is 34.9 Å². The minimum absolute atomic E-state index is 0.358. The molecule has 6 heteroatoms. The Labute approximate surface area is 139 Å². The van der Waals surface area contributed by atoms with Gasteiger partial charge in [-0.3, -0.25) is 0 Å². The van der Waals surface area contributed by atoms with Gasteiger partial charge in [0.15, 0.2) is 8.68 Å². The van der Waals surface area contributed by atoms with Crippen molar-refractivity contribution in [2.24, 2.45) is 0 Å². The zero-order valence-corrected chi connectivity index (χ0v) is 15.1. The van der Waals surface area contributed by atoms with Crippen LogP contribution in [0.15, 0.2) is 32.9 Å². The summed E-state index contributed by atoms with van der Waals surface area (Å²) >= 11 is 5.11. The highest BCUT2D eigenvalue weighted by atomic mass is 32.2. The molecule has 114 valence electrons. The Morgan fingerprint density at radius 3 is 2.76 bits per heavy atom. The molecule has 0 amide bonds. The van der Waals surface area contributed by atoms with E-state index >= 15 is 0 Å². The van der Waals surface area contributed by atoms with Crippen LogP contribution in [-0.2, 0) is 0 Å². The molecule has 0 saturated heterocycles. The summed E-state index contributed by atoms with van der Waals surface area (Å²) in [5.41, 5.74) is 2.66. The molecule has 0 saturated carbocycles. The number of aromatic nitrogens is 2. The molecule has 21 heavy (non-hydrogen) atoms. The van der Waals surface area contributed by atoms with E-state index in [2.05, 4.69) is 53.6 Å². The molecule has 2 aromatic rings. The second kappa shape index (κ2) is 8.78.